The van der Waals surface area contributed by atoms with Crippen LogP contribution < -0.4 is 10.1 Å². The Morgan fingerprint density at radius 3 is 2.76 bits per heavy atom. The summed E-state index contributed by atoms with van der Waals surface area (Å²) in [5, 5.41) is 13.8. The van der Waals surface area contributed by atoms with E-state index in [4.69, 9.17) is 25.8 Å². The van der Waals surface area contributed by atoms with Gasteiger partial charge in [-0.15, -0.1) is 0 Å². The summed E-state index contributed by atoms with van der Waals surface area (Å²) >= 11 is 6.35. The van der Waals surface area contributed by atoms with E-state index in [0.29, 0.717) is 48.5 Å². The standard InChI is InChI=1S/C26H32ClNO6/c1-5-32-20-10-15(9-17(27)24(20)30)22-21(25(31)34-13-16-7-6-8-33-16)14(2)28-18-11-26(3,4)12-19(29)23(18)22/h9-10,16,22,28,30H,5-8,11-13H2,1-4H3/t16-,22+/m0/s1. The van der Waals surface area contributed by atoms with Gasteiger partial charge in [0, 0.05) is 35.9 Å². The smallest absolute Gasteiger partial charge is 0.336 e. The molecule has 0 unspecified atom stereocenters. The van der Waals surface area contributed by atoms with Crippen LogP contribution in [-0.2, 0) is 19.1 Å². The molecule has 2 aliphatic heterocycles. The maximum atomic E-state index is 13.4. The fraction of sp³-hybridized carbons (Fsp3) is 0.538. The highest BCUT2D eigenvalue weighted by Crippen LogP contribution is 2.49. The average Bonchev–Trinajstić information content (AvgIpc) is 3.27. The lowest BCUT2D eigenvalue weighted by Crippen LogP contribution is -2.39. The first-order valence-corrected chi connectivity index (χ1v) is 12.2. The zero-order valence-corrected chi connectivity index (χ0v) is 20.9. The summed E-state index contributed by atoms with van der Waals surface area (Å²) in [5.41, 5.74) is 2.73. The van der Waals surface area contributed by atoms with E-state index in [1.54, 1.807) is 19.1 Å². The minimum Gasteiger partial charge on any atom is -0.503 e. The van der Waals surface area contributed by atoms with Crippen molar-refractivity contribution in [1.82, 2.24) is 5.32 Å². The number of dihydropyridines is 1. The minimum absolute atomic E-state index is 0.0252. The third kappa shape index (κ3) is 4.82. The maximum Gasteiger partial charge on any atom is 0.336 e. The largest absolute Gasteiger partial charge is 0.503 e. The number of benzene rings is 1. The minimum atomic E-state index is -0.686. The van der Waals surface area contributed by atoms with Crippen LogP contribution in [0.5, 0.6) is 11.5 Å². The number of ether oxygens (including phenoxy) is 3. The van der Waals surface area contributed by atoms with Crippen LogP contribution in [0.1, 0.15) is 64.9 Å². The first-order chi connectivity index (χ1) is 16.1. The van der Waals surface area contributed by atoms with E-state index in [1.807, 2.05) is 6.92 Å². The molecule has 0 saturated carbocycles. The topological polar surface area (TPSA) is 94.1 Å². The summed E-state index contributed by atoms with van der Waals surface area (Å²) < 4.78 is 16.8. The van der Waals surface area contributed by atoms with Crippen molar-refractivity contribution in [1.29, 1.82) is 0 Å². The lowest BCUT2D eigenvalue weighted by molar-refractivity contribution is -0.142. The van der Waals surface area contributed by atoms with Crippen molar-refractivity contribution in [2.24, 2.45) is 5.41 Å². The molecule has 1 fully saturated rings. The van der Waals surface area contributed by atoms with Gasteiger partial charge in [-0.25, -0.2) is 4.79 Å². The summed E-state index contributed by atoms with van der Waals surface area (Å²) in [4.78, 5) is 26.8. The quantitative estimate of drug-likeness (QED) is 0.556. The Bertz CT molecular complexity index is 1070. The van der Waals surface area contributed by atoms with Crippen molar-refractivity contribution < 1.29 is 28.9 Å². The Labute approximate surface area is 205 Å². The molecule has 2 atom stereocenters. The number of aromatic hydroxyl groups is 1. The van der Waals surface area contributed by atoms with Crippen LogP contribution in [0.15, 0.2) is 34.7 Å². The Morgan fingerprint density at radius 2 is 2.09 bits per heavy atom. The van der Waals surface area contributed by atoms with Crippen molar-refractivity contribution in [2.75, 3.05) is 19.8 Å². The molecule has 34 heavy (non-hydrogen) atoms. The molecule has 0 radical (unpaired) electrons. The second-order valence-corrected chi connectivity index (χ2v) is 10.4. The molecule has 2 heterocycles. The number of ketones is 1. The number of nitrogens with one attached hydrogen (secondary N) is 1. The number of carbonyl (C=O) groups excluding carboxylic acids is 2. The number of carbonyl (C=O) groups is 2. The zero-order valence-electron chi connectivity index (χ0n) is 20.1. The SMILES string of the molecule is CCOc1cc([C@@H]2C(C(=O)OC[C@@H]3CCCO3)=C(C)NC3=C2C(=O)CC(C)(C)C3)cc(Cl)c1O. The van der Waals surface area contributed by atoms with Crippen molar-refractivity contribution in [3.63, 3.8) is 0 Å². The van der Waals surface area contributed by atoms with Crippen LogP contribution >= 0.6 is 11.6 Å². The van der Waals surface area contributed by atoms with E-state index in [-0.39, 0.29) is 40.4 Å². The van der Waals surface area contributed by atoms with Gasteiger partial charge in [0.2, 0.25) is 0 Å². The Balaban J connectivity index is 1.79. The first-order valence-electron chi connectivity index (χ1n) is 11.8. The number of phenols is 1. The highest BCUT2D eigenvalue weighted by molar-refractivity contribution is 6.32. The number of rotatable bonds is 6. The Morgan fingerprint density at radius 1 is 1.32 bits per heavy atom. The van der Waals surface area contributed by atoms with Gasteiger partial charge in [-0.3, -0.25) is 4.79 Å². The van der Waals surface area contributed by atoms with E-state index >= 15 is 0 Å². The summed E-state index contributed by atoms with van der Waals surface area (Å²) in [6.45, 7) is 8.89. The molecule has 0 aromatic heterocycles. The lowest BCUT2D eigenvalue weighted by Gasteiger charge is -2.39. The van der Waals surface area contributed by atoms with Gasteiger partial charge in [0.1, 0.15) is 6.61 Å². The van der Waals surface area contributed by atoms with Crippen molar-refractivity contribution in [2.45, 2.75) is 65.4 Å². The molecule has 7 nitrogen and oxygen atoms in total. The third-order valence-corrected chi connectivity index (χ3v) is 6.86. The number of hydrogen-bond acceptors (Lipinski definition) is 7. The molecule has 1 aromatic rings. The zero-order chi connectivity index (χ0) is 24.6. The molecule has 8 heteroatoms. The van der Waals surface area contributed by atoms with Gasteiger partial charge in [0.15, 0.2) is 17.3 Å². The fourth-order valence-corrected chi connectivity index (χ4v) is 5.31. The predicted octanol–water partition coefficient (Wildman–Crippen LogP) is 4.77. The van der Waals surface area contributed by atoms with Crippen molar-refractivity contribution >= 4 is 23.4 Å². The van der Waals surface area contributed by atoms with Gasteiger partial charge in [0.25, 0.3) is 0 Å². The van der Waals surface area contributed by atoms with Crippen LogP contribution in [0.4, 0.5) is 0 Å². The number of allylic oxidation sites excluding steroid dienone is 3. The van der Waals surface area contributed by atoms with Gasteiger partial charge in [-0.1, -0.05) is 25.4 Å². The predicted molar refractivity (Wildman–Crippen MR) is 128 cm³/mol. The lowest BCUT2D eigenvalue weighted by atomic mass is 9.68. The third-order valence-electron chi connectivity index (χ3n) is 6.57. The first kappa shape index (κ1) is 24.6. The monoisotopic (exact) mass is 489 g/mol. The van der Waals surface area contributed by atoms with E-state index in [0.717, 1.165) is 18.5 Å². The molecule has 1 aromatic carbocycles. The number of halogens is 1. The molecule has 0 amide bonds. The van der Waals surface area contributed by atoms with Gasteiger partial charge in [-0.2, -0.15) is 0 Å². The second-order valence-electron chi connectivity index (χ2n) is 9.95. The molecular formula is C26H32ClNO6. The summed E-state index contributed by atoms with van der Waals surface area (Å²) in [5.74, 6) is -1.18. The van der Waals surface area contributed by atoms with Crippen LogP contribution in [0, 0.1) is 5.41 Å². The molecule has 1 aliphatic carbocycles. The summed E-state index contributed by atoms with van der Waals surface area (Å²) in [7, 11) is 0. The second kappa shape index (κ2) is 9.62. The van der Waals surface area contributed by atoms with Gasteiger partial charge in [0.05, 0.1) is 23.3 Å². The number of esters is 1. The van der Waals surface area contributed by atoms with E-state index < -0.39 is 11.9 Å². The van der Waals surface area contributed by atoms with E-state index in [2.05, 4.69) is 19.2 Å². The van der Waals surface area contributed by atoms with E-state index in [1.165, 1.54) is 0 Å². The molecule has 3 aliphatic rings. The summed E-state index contributed by atoms with van der Waals surface area (Å²) in [6.07, 6.45) is 2.72. The van der Waals surface area contributed by atoms with E-state index in [9.17, 15) is 14.7 Å². The van der Waals surface area contributed by atoms with Gasteiger partial charge >= 0.3 is 5.97 Å². The van der Waals surface area contributed by atoms with Crippen molar-refractivity contribution in [3.05, 3.63) is 45.3 Å². The normalized spacial score (nSPS) is 24.1. The Kier molecular flexibility index (Phi) is 6.97. The number of Topliss-reactive ketones (excluding diaryl/α,β-unsaturated/α-hetero) is 1. The average molecular weight is 490 g/mol. The van der Waals surface area contributed by atoms with Crippen LogP contribution in [0.3, 0.4) is 0 Å². The van der Waals surface area contributed by atoms with Gasteiger partial charge in [-0.05, 0) is 56.2 Å². The van der Waals surface area contributed by atoms with Gasteiger partial charge < -0.3 is 24.6 Å². The van der Waals surface area contributed by atoms with Crippen LogP contribution in [0.2, 0.25) is 5.02 Å². The molecule has 0 bridgehead atoms. The highest BCUT2D eigenvalue weighted by Gasteiger charge is 2.43. The molecule has 4 rings (SSSR count). The number of phenolic OH excluding ortho intramolecular Hbond substituents is 1. The fourth-order valence-electron chi connectivity index (χ4n) is 5.09. The maximum absolute atomic E-state index is 13.4. The molecular weight excluding hydrogens is 458 g/mol. The van der Waals surface area contributed by atoms with Crippen LogP contribution in [-0.4, -0.2) is 42.8 Å². The Hall–Kier alpha value is -2.51. The molecule has 1 saturated heterocycles. The molecule has 184 valence electrons. The highest BCUT2D eigenvalue weighted by atomic mass is 35.5. The molecule has 2 N–H and O–H groups in total. The number of hydrogen-bond donors (Lipinski definition) is 2. The summed E-state index contributed by atoms with van der Waals surface area (Å²) in [6, 6.07) is 3.24. The van der Waals surface area contributed by atoms with Crippen LogP contribution in [0.25, 0.3) is 0 Å². The molecule has 0 spiro atoms. The van der Waals surface area contributed by atoms with Crippen molar-refractivity contribution in [3.8, 4) is 11.5 Å².